The van der Waals surface area contributed by atoms with Gasteiger partial charge in [-0.05, 0) is 31.2 Å². The first-order valence-electron chi connectivity index (χ1n) is 13.2. The molecule has 0 aromatic heterocycles. The van der Waals surface area contributed by atoms with E-state index in [1.54, 1.807) is 21.6 Å². The highest BCUT2D eigenvalue weighted by molar-refractivity contribution is 8.02. The molecule has 1 aromatic carbocycles. The minimum absolute atomic E-state index is 0.0730. The van der Waals surface area contributed by atoms with Gasteiger partial charge in [-0.1, -0.05) is 68.5 Å². The summed E-state index contributed by atoms with van der Waals surface area (Å²) in [6, 6.07) is 8.44. The summed E-state index contributed by atoms with van der Waals surface area (Å²) in [7, 11) is 0. The summed E-state index contributed by atoms with van der Waals surface area (Å²) in [5.74, 6) is -2.33. The van der Waals surface area contributed by atoms with Crippen molar-refractivity contribution < 1.29 is 24.2 Å². The monoisotopic (exact) mass is 524 g/mol. The van der Waals surface area contributed by atoms with Gasteiger partial charge in [-0.2, -0.15) is 0 Å². The molecule has 0 bridgehead atoms. The van der Waals surface area contributed by atoms with Gasteiger partial charge in [0.05, 0.1) is 35.8 Å². The molecular weight excluding hydrogens is 488 g/mol. The van der Waals surface area contributed by atoms with Crippen LogP contribution in [0.2, 0.25) is 0 Å². The first kappa shape index (κ1) is 26.0. The van der Waals surface area contributed by atoms with Crippen LogP contribution in [0.4, 0.5) is 0 Å². The van der Waals surface area contributed by atoms with Crippen molar-refractivity contribution in [3.8, 4) is 0 Å². The van der Waals surface area contributed by atoms with Crippen LogP contribution >= 0.6 is 11.8 Å². The summed E-state index contributed by atoms with van der Waals surface area (Å²) in [6.45, 7) is 6.77. The van der Waals surface area contributed by atoms with Gasteiger partial charge in [0.2, 0.25) is 11.8 Å². The summed E-state index contributed by atoms with van der Waals surface area (Å²) in [4.78, 5) is 45.7. The number of esters is 1. The van der Waals surface area contributed by atoms with E-state index in [-0.39, 0.29) is 30.3 Å². The van der Waals surface area contributed by atoms with E-state index in [2.05, 4.69) is 6.08 Å². The topological polar surface area (TPSA) is 87.2 Å². The van der Waals surface area contributed by atoms with Gasteiger partial charge in [0.15, 0.2) is 0 Å². The average molecular weight is 525 g/mol. The molecule has 8 heteroatoms. The van der Waals surface area contributed by atoms with Crippen LogP contribution in [0.3, 0.4) is 0 Å². The normalized spacial score (nSPS) is 35.2. The van der Waals surface area contributed by atoms with Crippen molar-refractivity contribution in [3.05, 3.63) is 60.2 Å². The number of cyclic esters (lactones) is 1. The highest BCUT2D eigenvalue weighted by Gasteiger charge is 2.74. The fraction of sp³-hybridized carbons (Fsp3) is 0.552. The molecule has 1 unspecified atom stereocenters. The van der Waals surface area contributed by atoms with E-state index in [0.717, 1.165) is 18.4 Å². The molecule has 4 aliphatic rings. The number of allylic oxidation sites excluding steroid dienone is 1. The number of ether oxygens (including phenoxy) is 1. The number of aliphatic hydroxyl groups excluding tert-OH is 1. The molecule has 2 fully saturated rings. The largest absolute Gasteiger partial charge is 0.465 e. The molecule has 0 aliphatic carbocycles. The van der Waals surface area contributed by atoms with Crippen molar-refractivity contribution in [1.29, 1.82) is 0 Å². The maximum atomic E-state index is 14.4. The molecule has 4 aliphatic heterocycles. The third kappa shape index (κ3) is 4.22. The second kappa shape index (κ2) is 9.95. The lowest BCUT2D eigenvalue weighted by Gasteiger charge is -2.41. The van der Waals surface area contributed by atoms with Crippen LogP contribution < -0.4 is 0 Å². The summed E-state index contributed by atoms with van der Waals surface area (Å²) >= 11 is 1.54. The number of amides is 2. The molecule has 5 rings (SSSR count). The molecule has 0 saturated carbocycles. The van der Waals surface area contributed by atoms with Crippen LogP contribution in [-0.2, 0) is 25.7 Å². The van der Waals surface area contributed by atoms with E-state index in [4.69, 9.17) is 4.74 Å². The zero-order valence-corrected chi connectivity index (χ0v) is 22.5. The fourth-order valence-corrected chi connectivity index (χ4v) is 8.68. The Bertz CT molecular complexity index is 1120. The number of nitrogens with zero attached hydrogens (tertiary/aromatic N) is 2. The third-order valence-electron chi connectivity index (χ3n) is 8.30. The van der Waals surface area contributed by atoms with E-state index < -0.39 is 33.4 Å². The number of aliphatic hydroxyl groups is 1. The summed E-state index contributed by atoms with van der Waals surface area (Å²) in [6.07, 6.45) is 9.63. The number of likely N-dealkylation sites (tertiary alicyclic amines) is 1. The predicted molar refractivity (Wildman–Crippen MR) is 142 cm³/mol. The van der Waals surface area contributed by atoms with E-state index in [0.29, 0.717) is 19.7 Å². The molecule has 7 nitrogen and oxygen atoms in total. The molecule has 6 atom stereocenters. The Morgan fingerprint density at radius 3 is 2.54 bits per heavy atom. The summed E-state index contributed by atoms with van der Waals surface area (Å²) < 4.78 is 4.03. The fourth-order valence-electron chi connectivity index (χ4n) is 6.54. The Morgan fingerprint density at radius 1 is 1.08 bits per heavy atom. The average Bonchev–Trinajstić information content (AvgIpc) is 3.22. The molecule has 1 aromatic rings. The van der Waals surface area contributed by atoms with Crippen molar-refractivity contribution in [1.82, 2.24) is 9.80 Å². The molecule has 1 N–H and O–H groups in total. The van der Waals surface area contributed by atoms with Crippen molar-refractivity contribution in [3.63, 3.8) is 0 Å². The molecule has 0 radical (unpaired) electrons. The van der Waals surface area contributed by atoms with Gasteiger partial charge >= 0.3 is 5.97 Å². The minimum atomic E-state index is -0.941. The van der Waals surface area contributed by atoms with Gasteiger partial charge in [-0.3, -0.25) is 14.4 Å². The van der Waals surface area contributed by atoms with Gasteiger partial charge in [0, 0.05) is 17.8 Å². The Kier molecular flexibility index (Phi) is 7.00. The third-order valence-corrected chi connectivity index (χ3v) is 10.1. The lowest BCUT2D eigenvalue weighted by Crippen LogP contribution is -2.57. The van der Waals surface area contributed by atoms with Gasteiger partial charge in [0.25, 0.3) is 0 Å². The maximum Gasteiger partial charge on any atom is 0.311 e. The number of hydrogen-bond acceptors (Lipinski definition) is 6. The molecule has 4 heterocycles. The van der Waals surface area contributed by atoms with E-state index in [9.17, 15) is 19.5 Å². The van der Waals surface area contributed by atoms with Crippen LogP contribution in [0.25, 0.3) is 0 Å². The van der Waals surface area contributed by atoms with Crippen LogP contribution in [0, 0.1) is 17.8 Å². The highest BCUT2D eigenvalue weighted by Crippen LogP contribution is 2.65. The first-order chi connectivity index (χ1) is 17.7. The molecule has 2 saturated heterocycles. The number of fused-ring (bicyclic) bond motifs is 2. The minimum Gasteiger partial charge on any atom is -0.465 e. The van der Waals surface area contributed by atoms with Crippen molar-refractivity contribution in [2.45, 2.75) is 61.7 Å². The van der Waals surface area contributed by atoms with E-state index in [1.165, 1.54) is 0 Å². The Labute approximate surface area is 222 Å². The molecule has 198 valence electrons. The van der Waals surface area contributed by atoms with Crippen LogP contribution in [-0.4, -0.2) is 74.0 Å². The van der Waals surface area contributed by atoms with Gasteiger partial charge in [-0.15, -0.1) is 11.8 Å². The van der Waals surface area contributed by atoms with Crippen molar-refractivity contribution in [2.24, 2.45) is 17.8 Å². The number of carbonyl (C=O) groups is 3. The lowest BCUT2D eigenvalue weighted by molar-refractivity contribution is -0.155. The Balaban J connectivity index is 1.64. The number of hydrogen-bond donors (Lipinski definition) is 1. The predicted octanol–water partition coefficient (Wildman–Crippen LogP) is 3.18. The zero-order chi connectivity index (χ0) is 26.4. The maximum absolute atomic E-state index is 14.4. The quantitative estimate of drug-likeness (QED) is 0.470. The second-order valence-electron chi connectivity index (χ2n) is 11.1. The number of carbonyl (C=O) groups excluding carboxylic acids is 3. The van der Waals surface area contributed by atoms with Crippen molar-refractivity contribution in [2.75, 3.05) is 19.8 Å². The first-order valence-corrected chi connectivity index (χ1v) is 14.0. The SMILES string of the molecule is CC(C)[C@H](CO)N1C(=O)[C@@H]2[C@H]3C(=O)OCCC/C=C\[C@@]3(C)S[C@@]23C=CCN(Cc2ccccc2)C(=O)C13. The van der Waals surface area contributed by atoms with Crippen molar-refractivity contribution >= 4 is 29.5 Å². The zero-order valence-electron chi connectivity index (χ0n) is 21.7. The molecule has 2 amide bonds. The van der Waals surface area contributed by atoms with Gasteiger partial charge in [0.1, 0.15) is 6.04 Å². The molecule has 1 spiro atoms. The van der Waals surface area contributed by atoms with E-state index >= 15 is 0 Å². The van der Waals surface area contributed by atoms with Crippen LogP contribution in [0.1, 0.15) is 39.2 Å². The van der Waals surface area contributed by atoms with Crippen LogP contribution in [0.15, 0.2) is 54.6 Å². The van der Waals surface area contributed by atoms with Gasteiger partial charge < -0.3 is 19.6 Å². The lowest BCUT2D eigenvalue weighted by atomic mass is 9.74. The Morgan fingerprint density at radius 2 is 1.84 bits per heavy atom. The summed E-state index contributed by atoms with van der Waals surface area (Å²) in [5.41, 5.74) is 1.01. The number of thioether (sulfide) groups is 1. The number of benzene rings is 1. The van der Waals surface area contributed by atoms with Crippen LogP contribution in [0.5, 0.6) is 0 Å². The van der Waals surface area contributed by atoms with Gasteiger partial charge in [-0.25, -0.2) is 0 Å². The summed E-state index contributed by atoms with van der Waals surface area (Å²) in [5, 5.41) is 10.4. The molecule has 37 heavy (non-hydrogen) atoms. The second-order valence-corrected chi connectivity index (χ2v) is 12.8. The smallest absolute Gasteiger partial charge is 0.311 e. The van der Waals surface area contributed by atoms with E-state index in [1.807, 2.05) is 69.3 Å². The molecular formula is C29H36N2O5S. The Hall–Kier alpha value is -2.58. The number of rotatable bonds is 5. The highest BCUT2D eigenvalue weighted by atomic mass is 32.2. The standard InChI is InChI=1S/C29H36N2O5S/c1-19(2)21(18-32)31-24-26(34)30(17-20-11-6-4-7-12-20)15-10-14-29(24)22(25(31)33)23-27(35)36-16-9-5-8-13-28(23,3)37-29/h4,6-8,10-14,19,21-24,32H,5,9,15-18H2,1-3H3/b13-8-/t21-,22-,23-,24?,28+,29-/m0/s1.